The normalized spacial score (nSPS) is 11.4. The number of rotatable bonds is 8. The summed E-state index contributed by atoms with van der Waals surface area (Å²) >= 11 is 7.39. The standard InChI is InChI=1S/C39H32ClN3O2S/c1-23(2)26-13-10-25(11-14-26)12-19-34(44)29-8-5-9-31(21-29)42-38(45)37-36(41)35-32(28-7-4-6-24(3)20-28)22-33(43-39(35)46-37)27-15-17-30(40)18-16-27/h4-23H,41H2,1-3H3,(H,42,45). The van der Waals surface area contributed by atoms with Crippen LogP contribution in [0.25, 0.3) is 38.7 Å². The zero-order valence-corrected chi connectivity index (χ0v) is 27.2. The molecular weight excluding hydrogens is 610 g/mol. The summed E-state index contributed by atoms with van der Waals surface area (Å²) in [6, 6.07) is 32.7. The molecule has 0 bridgehead atoms. The third kappa shape index (κ3) is 6.64. The summed E-state index contributed by atoms with van der Waals surface area (Å²) in [5, 5.41) is 4.31. The number of pyridine rings is 1. The van der Waals surface area contributed by atoms with Gasteiger partial charge < -0.3 is 11.1 Å². The SMILES string of the molecule is Cc1cccc(-c2cc(-c3ccc(Cl)cc3)nc3sc(C(=O)Nc4cccc(C(=O)C=Cc5ccc(C(C)C)cc5)c4)c(N)c23)c1. The highest BCUT2D eigenvalue weighted by Gasteiger charge is 2.22. The molecule has 4 aromatic carbocycles. The number of halogens is 1. The van der Waals surface area contributed by atoms with Gasteiger partial charge in [0.1, 0.15) is 9.71 Å². The van der Waals surface area contributed by atoms with Crippen LogP contribution in [0.15, 0.2) is 109 Å². The lowest BCUT2D eigenvalue weighted by Crippen LogP contribution is -2.12. The smallest absolute Gasteiger partial charge is 0.267 e. The molecule has 0 aliphatic rings. The molecule has 6 aromatic rings. The minimum Gasteiger partial charge on any atom is -0.397 e. The zero-order chi connectivity index (χ0) is 32.4. The average Bonchev–Trinajstić information content (AvgIpc) is 3.40. The molecule has 2 heterocycles. The van der Waals surface area contributed by atoms with Crippen molar-refractivity contribution in [1.29, 1.82) is 0 Å². The Bertz CT molecular complexity index is 2110. The third-order valence-electron chi connectivity index (χ3n) is 7.81. The number of aromatic nitrogens is 1. The first-order valence-corrected chi connectivity index (χ1v) is 16.2. The van der Waals surface area contributed by atoms with Gasteiger partial charge in [-0.25, -0.2) is 4.98 Å². The van der Waals surface area contributed by atoms with Crippen LogP contribution in [0.5, 0.6) is 0 Å². The van der Waals surface area contributed by atoms with E-state index in [4.69, 9.17) is 22.3 Å². The second kappa shape index (κ2) is 13.1. The molecule has 46 heavy (non-hydrogen) atoms. The number of hydrogen-bond acceptors (Lipinski definition) is 5. The van der Waals surface area contributed by atoms with Crippen LogP contribution >= 0.6 is 22.9 Å². The molecule has 2 aromatic heterocycles. The predicted molar refractivity (Wildman–Crippen MR) is 193 cm³/mol. The lowest BCUT2D eigenvalue weighted by molar-refractivity contribution is 0.102. The molecule has 0 fully saturated rings. The number of allylic oxidation sites excluding steroid dienone is 1. The number of thiophene rings is 1. The fourth-order valence-corrected chi connectivity index (χ4v) is 6.44. The Morgan fingerprint density at radius 2 is 1.63 bits per heavy atom. The van der Waals surface area contributed by atoms with Crippen molar-refractivity contribution < 1.29 is 9.59 Å². The Morgan fingerprint density at radius 1 is 0.891 bits per heavy atom. The van der Waals surface area contributed by atoms with Crippen molar-refractivity contribution in [3.8, 4) is 22.4 Å². The van der Waals surface area contributed by atoms with Crippen LogP contribution in [-0.4, -0.2) is 16.7 Å². The van der Waals surface area contributed by atoms with E-state index in [2.05, 4.69) is 37.4 Å². The van der Waals surface area contributed by atoms with Crippen LogP contribution in [0.3, 0.4) is 0 Å². The van der Waals surface area contributed by atoms with E-state index in [0.29, 0.717) is 37.6 Å². The molecule has 0 radical (unpaired) electrons. The molecule has 7 heteroatoms. The number of carbonyl (C=O) groups is 2. The van der Waals surface area contributed by atoms with Gasteiger partial charge in [-0.05, 0) is 71.5 Å². The van der Waals surface area contributed by atoms with E-state index < -0.39 is 0 Å². The number of fused-ring (bicyclic) bond motifs is 1. The molecule has 5 nitrogen and oxygen atoms in total. The van der Waals surface area contributed by atoms with Gasteiger partial charge in [-0.1, -0.05) is 110 Å². The number of aryl methyl sites for hydroxylation is 1. The molecule has 0 aliphatic heterocycles. The second-order valence-electron chi connectivity index (χ2n) is 11.5. The van der Waals surface area contributed by atoms with E-state index in [0.717, 1.165) is 38.9 Å². The van der Waals surface area contributed by atoms with Gasteiger partial charge >= 0.3 is 0 Å². The summed E-state index contributed by atoms with van der Waals surface area (Å²) < 4.78 is 0. The number of nitrogens with zero attached hydrogens (tertiary/aromatic N) is 1. The minimum absolute atomic E-state index is 0.160. The van der Waals surface area contributed by atoms with Gasteiger partial charge in [0.2, 0.25) is 0 Å². The lowest BCUT2D eigenvalue weighted by atomic mass is 9.98. The fourth-order valence-electron chi connectivity index (χ4n) is 5.30. The maximum absolute atomic E-state index is 13.6. The van der Waals surface area contributed by atoms with Gasteiger partial charge in [0.15, 0.2) is 5.78 Å². The number of carbonyl (C=O) groups excluding carboxylic acids is 2. The second-order valence-corrected chi connectivity index (χ2v) is 12.9. The van der Waals surface area contributed by atoms with Crippen molar-refractivity contribution >= 4 is 62.3 Å². The molecule has 228 valence electrons. The van der Waals surface area contributed by atoms with E-state index in [9.17, 15) is 9.59 Å². The summed E-state index contributed by atoms with van der Waals surface area (Å²) in [7, 11) is 0. The molecule has 3 N–H and O–H groups in total. The number of hydrogen-bond donors (Lipinski definition) is 2. The maximum atomic E-state index is 13.6. The number of benzene rings is 4. The number of anilines is 2. The van der Waals surface area contributed by atoms with Crippen molar-refractivity contribution in [1.82, 2.24) is 4.98 Å². The van der Waals surface area contributed by atoms with Gasteiger partial charge in [0.25, 0.3) is 5.91 Å². The van der Waals surface area contributed by atoms with E-state index >= 15 is 0 Å². The quantitative estimate of drug-likeness (QED) is 0.128. The maximum Gasteiger partial charge on any atom is 0.267 e. The summed E-state index contributed by atoms with van der Waals surface area (Å²) in [4.78, 5) is 32.6. The molecule has 0 atom stereocenters. The Kier molecular flexibility index (Phi) is 8.84. The van der Waals surface area contributed by atoms with Gasteiger partial charge in [0, 0.05) is 27.2 Å². The number of amides is 1. The van der Waals surface area contributed by atoms with Gasteiger partial charge in [-0.3, -0.25) is 9.59 Å². The van der Waals surface area contributed by atoms with Crippen molar-refractivity contribution in [3.05, 3.63) is 141 Å². The lowest BCUT2D eigenvalue weighted by Gasteiger charge is -2.10. The number of ketones is 1. The Labute approximate surface area is 277 Å². The Morgan fingerprint density at radius 3 is 2.35 bits per heavy atom. The first-order valence-electron chi connectivity index (χ1n) is 15.0. The highest BCUT2D eigenvalue weighted by atomic mass is 35.5. The number of nitrogens with one attached hydrogen (secondary N) is 1. The Hall–Kier alpha value is -5.04. The number of nitrogens with two attached hydrogens (primary N) is 1. The van der Waals surface area contributed by atoms with Crippen LogP contribution < -0.4 is 11.1 Å². The first kappa shape index (κ1) is 31.0. The summed E-state index contributed by atoms with van der Waals surface area (Å²) in [5.41, 5.74) is 14.9. The fraction of sp³-hybridized carbons (Fsp3) is 0.103. The number of nitrogen functional groups attached to an aromatic ring is 1. The van der Waals surface area contributed by atoms with Crippen molar-refractivity contribution in [3.63, 3.8) is 0 Å². The average molecular weight is 642 g/mol. The zero-order valence-electron chi connectivity index (χ0n) is 25.7. The first-order chi connectivity index (χ1) is 22.2. The summed E-state index contributed by atoms with van der Waals surface area (Å²) in [5.74, 6) is -0.0833. The molecule has 0 aliphatic carbocycles. The van der Waals surface area contributed by atoms with E-state index in [-0.39, 0.29) is 11.7 Å². The monoisotopic (exact) mass is 641 g/mol. The topological polar surface area (TPSA) is 85.1 Å². The van der Waals surface area contributed by atoms with Crippen molar-refractivity contribution in [2.24, 2.45) is 0 Å². The van der Waals surface area contributed by atoms with Crippen LogP contribution in [0.2, 0.25) is 5.02 Å². The Balaban J connectivity index is 1.30. The summed E-state index contributed by atoms with van der Waals surface area (Å²) in [6.45, 7) is 6.33. The molecule has 1 amide bonds. The van der Waals surface area contributed by atoms with E-state index in [1.54, 1.807) is 36.4 Å². The van der Waals surface area contributed by atoms with Gasteiger partial charge in [0.05, 0.1) is 11.4 Å². The predicted octanol–water partition coefficient (Wildman–Crippen LogP) is 10.4. The summed E-state index contributed by atoms with van der Waals surface area (Å²) in [6.07, 6.45) is 3.35. The van der Waals surface area contributed by atoms with Crippen molar-refractivity contribution in [2.45, 2.75) is 26.7 Å². The highest BCUT2D eigenvalue weighted by molar-refractivity contribution is 7.21. The highest BCUT2D eigenvalue weighted by Crippen LogP contribution is 2.42. The third-order valence-corrected chi connectivity index (χ3v) is 9.16. The van der Waals surface area contributed by atoms with Crippen LogP contribution in [0.4, 0.5) is 11.4 Å². The molecule has 0 unspecified atom stereocenters. The van der Waals surface area contributed by atoms with Crippen LogP contribution in [0.1, 0.15) is 56.5 Å². The van der Waals surface area contributed by atoms with E-state index in [1.807, 2.05) is 67.6 Å². The molecule has 0 spiro atoms. The van der Waals surface area contributed by atoms with Gasteiger partial charge in [-0.15, -0.1) is 11.3 Å². The minimum atomic E-state index is -0.367. The van der Waals surface area contributed by atoms with Gasteiger partial charge in [-0.2, -0.15) is 0 Å². The van der Waals surface area contributed by atoms with E-state index in [1.165, 1.54) is 16.9 Å². The van der Waals surface area contributed by atoms with Crippen molar-refractivity contribution in [2.75, 3.05) is 11.1 Å². The van der Waals surface area contributed by atoms with Crippen LogP contribution in [0, 0.1) is 6.92 Å². The molecule has 0 saturated carbocycles. The largest absolute Gasteiger partial charge is 0.397 e. The molecular formula is C39H32ClN3O2S. The van der Waals surface area contributed by atoms with Crippen LogP contribution in [-0.2, 0) is 0 Å². The molecule has 0 saturated heterocycles. The molecule has 6 rings (SSSR count).